The van der Waals surface area contributed by atoms with Crippen molar-refractivity contribution in [3.8, 4) is 0 Å². The molecular formula is C7H17NOS. The Bertz CT molecular complexity index is 62.6. The van der Waals surface area contributed by atoms with Crippen LogP contribution in [0.3, 0.4) is 0 Å². The molecule has 0 saturated heterocycles. The number of unbranched alkanes of at least 4 members (excludes halogenated alkanes) is 1. The average molecular weight is 163 g/mol. The summed E-state index contributed by atoms with van der Waals surface area (Å²) < 4.78 is 0. The zero-order chi connectivity index (χ0) is 7.82. The Morgan fingerprint density at radius 1 is 1.60 bits per heavy atom. The molecule has 0 rings (SSSR count). The minimum Gasteiger partial charge on any atom is -0.396 e. The summed E-state index contributed by atoms with van der Waals surface area (Å²) >= 11 is 1.64. The number of rotatable bonds is 6. The summed E-state index contributed by atoms with van der Waals surface area (Å²) in [5.41, 5.74) is 5.70. The van der Waals surface area contributed by atoms with E-state index in [1.165, 1.54) is 12.8 Å². The Kier molecular flexibility index (Phi) is 7.58. The topological polar surface area (TPSA) is 46.2 Å². The van der Waals surface area contributed by atoms with Crippen LogP contribution in [0.2, 0.25) is 0 Å². The first-order chi connectivity index (χ1) is 4.81. The molecule has 0 radical (unpaired) electrons. The Morgan fingerprint density at radius 3 is 2.80 bits per heavy atom. The lowest BCUT2D eigenvalue weighted by Crippen LogP contribution is -2.16. The summed E-state index contributed by atoms with van der Waals surface area (Å²) in [5.74, 6) is 0.769. The van der Waals surface area contributed by atoms with Crippen LogP contribution >= 0.6 is 11.8 Å². The summed E-state index contributed by atoms with van der Waals surface area (Å²) in [6.07, 6.45) is 3.47. The van der Waals surface area contributed by atoms with Crippen molar-refractivity contribution in [2.45, 2.75) is 31.6 Å². The summed E-state index contributed by atoms with van der Waals surface area (Å²) in [6, 6.07) is 0. The van der Waals surface area contributed by atoms with Crippen LogP contribution in [0.4, 0.5) is 0 Å². The standard InChI is InChI=1S/C7H17NOS/c1-2-3-4-7(8)10-6-5-9/h7,9H,2-6,8H2,1H3. The van der Waals surface area contributed by atoms with Crippen LogP contribution < -0.4 is 5.73 Å². The van der Waals surface area contributed by atoms with Gasteiger partial charge in [0.1, 0.15) is 0 Å². The first-order valence-corrected chi connectivity index (χ1v) is 4.84. The molecule has 0 aliphatic heterocycles. The van der Waals surface area contributed by atoms with E-state index in [9.17, 15) is 0 Å². The molecule has 10 heavy (non-hydrogen) atoms. The zero-order valence-electron chi connectivity index (χ0n) is 6.55. The lowest BCUT2D eigenvalue weighted by atomic mass is 10.2. The van der Waals surface area contributed by atoms with Crippen molar-refractivity contribution in [3.05, 3.63) is 0 Å². The molecule has 0 saturated carbocycles. The minimum atomic E-state index is 0.229. The SMILES string of the molecule is CCCCC(N)SCCO. The maximum atomic E-state index is 8.46. The molecule has 3 heteroatoms. The first kappa shape index (κ1) is 10.3. The van der Waals surface area contributed by atoms with Crippen molar-refractivity contribution in [3.63, 3.8) is 0 Å². The summed E-state index contributed by atoms with van der Waals surface area (Å²) in [4.78, 5) is 0. The molecule has 0 fully saturated rings. The largest absolute Gasteiger partial charge is 0.396 e. The fraction of sp³-hybridized carbons (Fsp3) is 1.00. The quantitative estimate of drug-likeness (QED) is 0.578. The third-order valence-corrected chi connectivity index (χ3v) is 2.35. The molecule has 0 heterocycles. The van der Waals surface area contributed by atoms with E-state index >= 15 is 0 Å². The molecule has 62 valence electrons. The van der Waals surface area contributed by atoms with Gasteiger partial charge in [0.05, 0.1) is 12.0 Å². The van der Waals surface area contributed by atoms with Gasteiger partial charge in [-0.25, -0.2) is 0 Å². The van der Waals surface area contributed by atoms with Gasteiger partial charge in [-0.2, -0.15) is 0 Å². The van der Waals surface area contributed by atoms with E-state index in [4.69, 9.17) is 10.8 Å². The monoisotopic (exact) mass is 163 g/mol. The fourth-order valence-electron chi connectivity index (χ4n) is 0.693. The number of hydrogen-bond acceptors (Lipinski definition) is 3. The number of aliphatic hydroxyl groups excluding tert-OH is 1. The Hall–Kier alpha value is 0.270. The highest BCUT2D eigenvalue weighted by Gasteiger charge is 1.99. The van der Waals surface area contributed by atoms with E-state index in [1.807, 2.05) is 0 Å². The number of aliphatic hydroxyl groups is 1. The van der Waals surface area contributed by atoms with Crippen molar-refractivity contribution in [1.82, 2.24) is 0 Å². The van der Waals surface area contributed by atoms with Crippen LogP contribution in [0.25, 0.3) is 0 Å². The summed E-state index contributed by atoms with van der Waals surface area (Å²) in [6.45, 7) is 2.40. The second kappa shape index (κ2) is 7.38. The van der Waals surface area contributed by atoms with Gasteiger partial charge in [-0.3, -0.25) is 0 Å². The fourth-order valence-corrected chi connectivity index (χ4v) is 1.43. The highest BCUT2D eigenvalue weighted by Crippen LogP contribution is 2.10. The molecule has 0 aromatic heterocycles. The van der Waals surface area contributed by atoms with Gasteiger partial charge in [0.2, 0.25) is 0 Å². The number of thioether (sulfide) groups is 1. The summed E-state index contributed by atoms with van der Waals surface area (Å²) in [5, 5.41) is 8.69. The van der Waals surface area contributed by atoms with Gasteiger partial charge >= 0.3 is 0 Å². The average Bonchev–Trinajstić information content (AvgIpc) is 1.97. The van der Waals surface area contributed by atoms with E-state index in [2.05, 4.69) is 6.92 Å². The Morgan fingerprint density at radius 2 is 2.30 bits per heavy atom. The van der Waals surface area contributed by atoms with Crippen molar-refractivity contribution in [2.75, 3.05) is 12.4 Å². The molecule has 0 amide bonds. The lowest BCUT2D eigenvalue weighted by molar-refractivity contribution is 0.322. The molecule has 0 aliphatic rings. The van der Waals surface area contributed by atoms with Gasteiger partial charge in [0.25, 0.3) is 0 Å². The predicted octanol–water partition coefficient (Wildman–Crippen LogP) is 1.19. The number of nitrogens with two attached hydrogens (primary N) is 1. The van der Waals surface area contributed by atoms with Crippen molar-refractivity contribution < 1.29 is 5.11 Å². The smallest absolute Gasteiger partial charge is 0.0522 e. The van der Waals surface area contributed by atoms with Crippen LogP contribution in [-0.4, -0.2) is 22.8 Å². The van der Waals surface area contributed by atoms with Gasteiger partial charge in [-0.15, -0.1) is 11.8 Å². The highest BCUT2D eigenvalue weighted by molar-refractivity contribution is 7.99. The Labute approximate surface area is 67.2 Å². The maximum Gasteiger partial charge on any atom is 0.0522 e. The second-order valence-electron chi connectivity index (χ2n) is 2.28. The first-order valence-electron chi connectivity index (χ1n) is 3.79. The molecule has 0 bridgehead atoms. The normalized spacial score (nSPS) is 13.5. The van der Waals surface area contributed by atoms with Crippen LogP contribution in [0, 0.1) is 0 Å². The van der Waals surface area contributed by atoms with Crippen LogP contribution in [0.5, 0.6) is 0 Å². The van der Waals surface area contributed by atoms with E-state index in [-0.39, 0.29) is 12.0 Å². The van der Waals surface area contributed by atoms with E-state index in [0.29, 0.717) is 0 Å². The van der Waals surface area contributed by atoms with Gasteiger partial charge in [-0.1, -0.05) is 19.8 Å². The molecule has 1 unspecified atom stereocenters. The molecule has 0 aromatic carbocycles. The van der Waals surface area contributed by atoms with Crippen molar-refractivity contribution in [2.24, 2.45) is 5.73 Å². The molecule has 0 aliphatic carbocycles. The lowest BCUT2D eigenvalue weighted by Gasteiger charge is -2.08. The van der Waals surface area contributed by atoms with E-state index in [0.717, 1.165) is 12.2 Å². The van der Waals surface area contributed by atoms with Gasteiger partial charge < -0.3 is 10.8 Å². The van der Waals surface area contributed by atoms with Crippen molar-refractivity contribution in [1.29, 1.82) is 0 Å². The highest BCUT2D eigenvalue weighted by atomic mass is 32.2. The van der Waals surface area contributed by atoms with Gasteiger partial charge in [-0.05, 0) is 6.42 Å². The number of hydrogen-bond donors (Lipinski definition) is 2. The van der Waals surface area contributed by atoms with Gasteiger partial charge in [0.15, 0.2) is 0 Å². The predicted molar refractivity (Wildman–Crippen MR) is 47.0 cm³/mol. The minimum absolute atomic E-state index is 0.229. The molecule has 3 N–H and O–H groups in total. The third kappa shape index (κ3) is 6.39. The molecule has 0 aromatic rings. The van der Waals surface area contributed by atoms with E-state index in [1.54, 1.807) is 11.8 Å². The molecule has 2 nitrogen and oxygen atoms in total. The second-order valence-corrected chi connectivity index (χ2v) is 3.62. The Balaban J connectivity index is 3.00. The molecule has 1 atom stereocenters. The third-order valence-electron chi connectivity index (χ3n) is 1.27. The summed E-state index contributed by atoms with van der Waals surface area (Å²) in [7, 11) is 0. The van der Waals surface area contributed by atoms with E-state index < -0.39 is 0 Å². The maximum absolute atomic E-state index is 8.46. The van der Waals surface area contributed by atoms with Crippen LogP contribution in [0.15, 0.2) is 0 Å². The van der Waals surface area contributed by atoms with Gasteiger partial charge in [0, 0.05) is 5.75 Å². The van der Waals surface area contributed by atoms with Crippen LogP contribution in [0.1, 0.15) is 26.2 Å². The molecular weight excluding hydrogens is 146 g/mol. The van der Waals surface area contributed by atoms with Crippen LogP contribution in [-0.2, 0) is 0 Å². The molecule has 0 spiro atoms. The van der Waals surface area contributed by atoms with Crippen molar-refractivity contribution >= 4 is 11.8 Å². The zero-order valence-corrected chi connectivity index (χ0v) is 7.36.